The SMILES string of the molecule is CCC(C)n1nccc1NC(=O)c1ccc(CN2C(=O)CNC2=O)cc1. The number of urea groups is 1. The average Bonchev–Trinajstić information content (AvgIpc) is 3.23. The number of amides is 4. The van der Waals surface area contributed by atoms with Gasteiger partial charge in [-0.15, -0.1) is 0 Å². The number of hydrogen-bond donors (Lipinski definition) is 2. The van der Waals surface area contributed by atoms with Crippen molar-refractivity contribution in [3.8, 4) is 0 Å². The molecular formula is C18H21N5O3. The minimum Gasteiger partial charge on any atom is -0.329 e. The fourth-order valence-corrected chi connectivity index (χ4v) is 2.69. The number of anilines is 1. The number of benzene rings is 1. The van der Waals surface area contributed by atoms with Crippen LogP contribution in [0.3, 0.4) is 0 Å². The molecule has 1 fully saturated rings. The van der Waals surface area contributed by atoms with Gasteiger partial charge in [-0.05, 0) is 31.0 Å². The van der Waals surface area contributed by atoms with Gasteiger partial charge < -0.3 is 10.6 Å². The Morgan fingerprint density at radius 3 is 2.62 bits per heavy atom. The van der Waals surface area contributed by atoms with Crippen LogP contribution in [-0.4, -0.2) is 39.1 Å². The summed E-state index contributed by atoms with van der Waals surface area (Å²) >= 11 is 0. The van der Waals surface area contributed by atoms with E-state index in [1.807, 2.05) is 6.92 Å². The molecule has 26 heavy (non-hydrogen) atoms. The van der Waals surface area contributed by atoms with Crippen LogP contribution in [0.2, 0.25) is 0 Å². The Morgan fingerprint density at radius 2 is 2.00 bits per heavy atom. The lowest BCUT2D eigenvalue weighted by molar-refractivity contribution is -0.125. The molecule has 1 unspecified atom stereocenters. The fraction of sp³-hybridized carbons (Fsp3) is 0.333. The molecule has 0 radical (unpaired) electrons. The maximum absolute atomic E-state index is 12.5. The van der Waals surface area contributed by atoms with Crippen molar-refractivity contribution >= 4 is 23.7 Å². The summed E-state index contributed by atoms with van der Waals surface area (Å²) in [4.78, 5) is 36.8. The van der Waals surface area contributed by atoms with E-state index in [9.17, 15) is 14.4 Å². The van der Waals surface area contributed by atoms with Crippen LogP contribution in [0.15, 0.2) is 36.5 Å². The molecule has 1 aromatic carbocycles. The molecule has 0 spiro atoms. The summed E-state index contributed by atoms with van der Waals surface area (Å²) in [6.45, 7) is 4.31. The summed E-state index contributed by atoms with van der Waals surface area (Å²) in [5, 5.41) is 9.59. The first-order valence-electron chi connectivity index (χ1n) is 8.51. The third kappa shape index (κ3) is 3.58. The fourth-order valence-electron chi connectivity index (χ4n) is 2.69. The van der Waals surface area contributed by atoms with Gasteiger partial charge in [0.15, 0.2) is 0 Å². The van der Waals surface area contributed by atoms with Gasteiger partial charge in [-0.2, -0.15) is 5.10 Å². The number of aromatic nitrogens is 2. The Balaban J connectivity index is 1.67. The van der Waals surface area contributed by atoms with Gasteiger partial charge in [0.2, 0.25) is 5.91 Å². The van der Waals surface area contributed by atoms with E-state index in [4.69, 9.17) is 0 Å². The summed E-state index contributed by atoms with van der Waals surface area (Å²) in [5.74, 6) is 0.152. The van der Waals surface area contributed by atoms with Crippen LogP contribution in [0.1, 0.15) is 42.2 Å². The number of rotatable bonds is 6. The second-order valence-electron chi connectivity index (χ2n) is 6.21. The van der Waals surface area contributed by atoms with Crippen molar-refractivity contribution in [2.24, 2.45) is 0 Å². The van der Waals surface area contributed by atoms with E-state index in [-0.39, 0.29) is 30.9 Å². The minimum absolute atomic E-state index is 0.0309. The van der Waals surface area contributed by atoms with Gasteiger partial charge in [-0.25, -0.2) is 9.48 Å². The summed E-state index contributed by atoms with van der Waals surface area (Å²) < 4.78 is 1.78. The number of hydrogen-bond acceptors (Lipinski definition) is 4. The third-order valence-corrected chi connectivity index (χ3v) is 4.41. The highest BCUT2D eigenvalue weighted by Gasteiger charge is 2.28. The first-order valence-corrected chi connectivity index (χ1v) is 8.51. The lowest BCUT2D eigenvalue weighted by atomic mass is 10.1. The highest BCUT2D eigenvalue weighted by atomic mass is 16.2. The van der Waals surface area contributed by atoms with Crippen molar-refractivity contribution in [1.82, 2.24) is 20.0 Å². The van der Waals surface area contributed by atoms with Crippen LogP contribution >= 0.6 is 0 Å². The maximum Gasteiger partial charge on any atom is 0.324 e. The molecule has 1 saturated heterocycles. The van der Waals surface area contributed by atoms with Crippen LogP contribution in [0.5, 0.6) is 0 Å². The lowest BCUT2D eigenvalue weighted by Crippen LogP contribution is -2.30. The van der Waals surface area contributed by atoms with Crippen LogP contribution < -0.4 is 10.6 Å². The molecular weight excluding hydrogens is 334 g/mol. The molecule has 0 bridgehead atoms. The zero-order valence-electron chi connectivity index (χ0n) is 14.7. The monoisotopic (exact) mass is 355 g/mol. The van der Waals surface area contributed by atoms with Crippen LogP contribution in [-0.2, 0) is 11.3 Å². The molecule has 2 N–H and O–H groups in total. The van der Waals surface area contributed by atoms with E-state index < -0.39 is 6.03 Å². The predicted molar refractivity (Wildman–Crippen MR) is 95.6 cm³/mol. The zero-order chi connectivity index (χ0) is 18.7. The average molecular weight is 355 g/mol. The van der Waals surface area contributed by atoms with Crippen molar-refractivity contribution in [1.29, 1.82) is 0 Å². The van der Waals surface area contributed by atoms with Crippen molar-refractivity contribution in [2.45, 2.75) is 32.9 Å². The third-order valence-electron chi connectivity index (χ3n) is 4.41. The largest absolute Gasteiger partial charge is 0.329 e. The molecule has 2 heterocycles. The van der Waals surface area contributed by atoms with E-state index in [1.54, 1.807) is 41.2 Å². The lowest BCUT2D eigenvalue weighted by Gasteiger charge is -2.15. The van der Waals surface area contributed by atoms with Crippen molar-refractivity contribution in [2.75, 3.05) is 11.9 Å². The molecule has 3 rings (SSSR count). The first-order chi connectivity index (χ1) is 12.5. The number of carbonyl (C=O) groups excluding carboxylic acids is 3. The molecule has 2 aromatic rings. The molecule has 8 nitrogen and oxygen atoms in total. The highest BCUT2D eigenvalue weighted by Crippen LogP contribution is 2.18. The van der Waals surface area contributed by atoms with Crippen LogP contribution in [0.4, 0.5) is 10.6 Å². The molecule has 1 atom stereocenters. The van der Waals surface area contributed by atoms with E-state index in [2.05, 4.69) is 22.7 Å². The van der Waals surface area contributed by atoms with Gasteiger partial charge in [-0.1, -0.05) is 19.1 Å². The van der Waals surface area contributed by atoms with Gasteiger partial charge >= 0.3 is 6.03 Å². The molecule has 0 saturated carbocycles. The number of imide groups is 1. The summed E-state index contributed by atoms with van der Waals surface area (Å²) in [5.41, 5.74) is 1.26. The smallest absolute Gasteiger partial charge is 0.324 e. The molecule has 1 aliphatic rings. The Kier molecular flexibility index (Phi) is 5.01. The minimum atomic E-state index is -0.393. The second-order valence-corrected chi connectivity index (χ2v) is 6.21. The van der Waals surface area contributed by atoms with Crippen molar-refractivity contribution in [3.05, 3.63) is 47.7 Å². The van der Waals surface area contributed by atoms with E-state index >= 15 is 0 Å². The number of carbonyl (C=O) groups is 3. The quantitative estimate of drug-likeness (QED) is 0.776. The normalized spacial score (nSPS) is 15.1. The van der Waals surface area contributed by atoms with Crippen LogP contribution in [0, 0.1) is 0 Å². The number of nitrogens with one attached hydrogen (secondary N) is 2. The molecule has 1 aliphatic heterocycles. The highest BCUT2D eigenvalue weighted by molar-refractivity contribution is 6.04. The topological polar surface area (TPSA) is 96.3 Å². The first kappa shape index (κ1) is 17.7. The van der Waals surface area contributed by atoms with Gasteiger partial charge in [0.05, 0.1) is 25.3 Å². The Morgan fingerprint density at radius 1 is 1.27 bits per heavy atom. The molecule has 1 aromatic heterocycles. The summed E-state index contributed by atoms with van der Waals surface area (Å²) in [7, 11) is 0. The van der Waals surface area contributed by atoms with Crippen molar-refractivity contribution in [3.63, 3.8) is 0 Å². The maximum atomic E-state index is 12.5. The van der Waals surface area contributed by atoms with Gasteiger partial charge in [-0.3, -0.25) is 14.5 Å². The summed E-state index contributed by atoms with van der Waals surface area (Å²) in [6.07, 6.45) is 2.56. The van der Waals surface area contributed by atoms with Gasteiger partial charge in [0, 0.05) is 11.6 Å². The predicted octanol–water partition coefficient (Wildman–Crippen LogP) is 2.16. The van der Waals surface area contributed by atoms with Gasteiger partial charge in [0.1, 0.15) is 5.82 Å². The molecule has 0 aliphatic carbocycles. The second kappa shape index (κ2) is 7.38. The number of nitrogens with zero attached hydrogens (tertiary/aromatic N) is 3. The van der Waals surface area contributed by atoms with E-state index in [0.29, 0.717) is 11.4 Å². The molecule has 136 valence electrons. The van der Waals surface area contributed by atoms with Crippen LogP contribution in [0.25, 0.3) is 0 Å². The molecule has 4 amide bonds. The Labute approximate surface area is 151 Å². The van der Waals surface area contributed by atoms with E-state index in [1.165, 1.54) is 0 Å². The van der Waals surface area contributed by atoms with Gasteiger partial charge in [0.25, 0.3) is 5.91 Å². The van der Waals surface area contributed by atoms with Crippen molar-refractivity contribution < 1.29 is 14.4 Å². The Hall–Kier alpha value is -3.16. The Bertz CT molecular complexity index is 812. The zero-order valence-corrected chi connectivity index (χ0v) is 14.7. The standard InChI is InChI=1S/C18H21N5O3/c1-3-12(2)23-15(8-9-20-23)21-17(25)14-6-4-13(5-7-14)11-22-16(24)10-19-18(22)26/h4-9,12H,3,10-11H2,1-2H3,(H,19,26)(H,21,25). The molecule has 8 heteroatoms. The van der Waals surface area contributed by atoms with E-state index in [0.717, 1.165) is 16.9 Å². The summed E-state index contributed by atoms with van der Waals surface area (Å²) in [6, 6.07) is 8.37.